The summed E-state index contributed by atoms with van der Waals surface area (Å²) < 4.78 is 6.13. The number of carbonyl (C=O) groups excluding carboxylic acids is 2. The van der Waals surface area contributed by atoms with Crippen LogP contribution in [-0.2, 0) is 9.53 Å². The van der Waals surface area contributed by atoms with E-state index in [-0.39, 0.29) is 18.4 Å². The number of rotatable bonds is 5. The lowest BCUT2D eigenvalue weighted by molar-refractivity contribution is -0.127. The average molecular weight is 394 g/mol. The second-order valence-electron chi connectivity index (χ2n) is 7.61. The van der Waals surface area contributed by atoms with E-state index in [9.17, 15) is 9.59 Å². The van der Waals surface area contributed by atoms with E-state index in [1.54, 1.807) is 29.2 Å². The van der Waals surface area contributed by atoms with Gasteiger partial charge in [-0.3, -0.25) is 14.5 Å². The van der Waals surface area contributed by atoms with Crippen LogP contribution < -0.4 is 5.32 Å². The van der Waals surface area contributed by atoms with Crippen molar-refractivity contribution in [3.63, 3.8) is 0 Å². The fourth-order valence-electron chi connectivity index (χ4n) is 3.95. The number of amides is 2. The zero-order valence-electron chi connectivity index (χ0n) is 16.0. The molecule has 148 valence electrons. The minimum absolute atomic E-state index is 0.158. The molecule has 0 unspecified atom stereocenters. The molecule has 0 bridgehead atoms. The molecule has 1 aromatic carbocycles. The third-order valence-corrected chi connectivity index (χ3v) is 5.58. The second-order valence-corrected chi connectivity index (χ2v) is 8.05. The Morgan fingerprint density at radius 2 is 2.04 bits per heavy atom. The van der Waals surface area contributed by atoms with Crippen LogP contribution >= 0.6 is 11.6 Å². The van der Waals surface area contributed by atoms with Gasteiger partial charge in [0.1, 0.15) is 11.8 Å². The van der Waals surface area contributed by atoms with Crippen molar-refractivity contribution in [2.75, 3.05) is 33.8 Å². The number of halogens is 1. The van der Waals surface area contributed by atoms with Gasteiger partial charge in [0.05, 0.1) is 6.61 Å². The van der Waals surface area contributed by atoms with Crippen molar-refractivity contribution in [3.05, 3.63) is 34.9 Å². The minimum atomic E-state index is -0.679. The minimum Gasteiger partial charge on any atom is -0.353 e. The average Bonchev–Trinajstić information content (AvgIpc) is 3.00. The zero-order valence-corrected chi connectivity index (χ0v) is 16.8. The van der Waals surface area contributed by atoms with E-state index >= 15 is 0 Å². The number of benzene rings is 1. The van der Waals surface area contributed by atoms with E-state index in [0.717, 1.165) is 38.6 Å². The highest BCUT2D eigenvalue weighted by Crippen LogP contribution is 2.41. The number of ether oxygens (including phenoxy) is 1. The van der Waals surface area contributed by atoms with E-state index in [2.05, 4.69) is 5.32 Å². The molecule has 1 atom stereocenters. The Balaban J connectivity index is 1.84. The molecule has 1 spiro atoms. The lowest BCUT2D eigenvalue weighted by Crippen LogP contribution is -2.56. The molecule has 0 aromatic heterocycles. The number of nitrogens with zero attached hydrogens (tertiary/aromatic N) is 2. The molecule has 1 saturated carbocycles. The molecular weight excluding hydrogens is 366 g/mol. The highest BCUT2D eigenvalue weighted by molar-refractivity contribution is 6.31. The van der Waals surface area contributed by atoms with E-state index in [1.165, 1.54) is 0 Å². The summed E-state index contributed by atoms with van der Waals surface area (Å²) in [6.07, 6.45) is 4.65. The van der Waals surface area contributed by atoms with Crippen molar-refractivity contribution in [1.82, 2.24) is 15.1 Å². The fraction of sp³-hybridized carbons (Fsp3) is 0.600. The van der Waals surface area contributed by atoms with E-state index in [1.807, 2.05) is 19.0 Å². The van der Waals surface area contributed by atoms with Crippen LogP contribution in [-0.4, -0.2) is 67.2 Å². The van der Waals surface area contributed by atoms with Crippen molar-refractivity contribution < 1.29 is 14.3 Å². The van der Waals surface area contributed by atoms with Gasteiger partial charge in [-0.15, -0.1) is 0 Å². The van der Waals surface area contributed by atoms with Crippen LogP contribution in [0.3, 0.4) is 0 Å². The van der Waals surface area contributed by atoms with Gasteiger partial charge < -0.3 is 15.0 Å². The molecule has 1 aliphatic heterocycles. The summed E-state index contributed by atoms with van der Waals surface area (Å²) in [6, 6.07) is 6.27. The Morgan fingerprint density at radius 1 is 1.30 bits per heavy atom. The van der Waals surface area contributed by atoms with Crippen molar-refractivity contribution in [3.8, 4) is 0 Å². The van der Waals surface area contributed by atoms with Crippen LogP contribution in [0.25, 0.3) is 0 Å². The zero-order chi connectivity index (χ0) is 19.4. The maximum absolute atomic E-state index is 13.4. The molecule has 1 aliphatic carbocycles. The number of hydrogen-bond acceptors (Lipinski definition) is 4. The predicted octanol–water partition coefficient (Wildman–Crippen LogP) is 2.52. The number of carbonyl (C=O) groups is 2. The fourth-order valence-corrected chi connectivity index (χ4v) is 4.14. The van der Waals surface area contributed by atoms with Crippen molar-refractivity contribution >= 4 is 23.4 Å². The first-order valence-electron chi connectivity index (χ1n) is 9.59. The summed E-state index contributed by atoms with van der Waals surface area (Å²) in [5, 5.41) is 3.45. The van der Waals surface area contributed by atoms with Gasteiger partial charge in [0.15, 0.2) is 0 Å². The first-order valence-corrected chi connectivity index (χ1v) is 9.96. The third kappa shape index (κ3) is 4.45. The molecular formula is C20H28ClN3O3. The van der Waals surface area contributed by atoms with Crippen LogP contribution in [0.1, 0.15) is 42.5 Å². The summed E-state index contributed by atoms with van der Waals surface area (Å²) in [4.78, 5) is 29.9. The maximum atomic E-state index is 13.4. The van der Waals surface area contributed by atoms with Gasteiger partial charge in [-0.1, -0.05) is 24.1 Å². The van der Waals surface area contributed by atoms with Gasteiger partial charge in [0, 0.05) is 23.7 Å². The van der Waals surface area contributed by atoms with Crippen LogP contribution in [0, 0.1) is 0 Å². The van der Waals surface area contributed by atoms with Gasteiger partial charge in [-0.2, -0.15) is 0 Å². The van der Waals surface area contributed by atoms with Crippen molar-refractivity contribution in [2.24, 2.45) is 0 Å². The summed E-state index contributed by atoms with van der Waals surface area (Å²) >= 11 is 6.08. The summed E-state index contributed by atoms with van der Waals surface area (Å²) in [7, 11) is 3.91. The van der Waals surface area contributed by atoms with Crippen molar-refractivity contribution in [2.45, 2.75) is 43.9 Å². The highest BCUT2D eigenvalue weighted by Gasteiger charge is 2.52. The first-order chi connectivity index (χ1) is 12.9. The van der Waals surface area contributed by atoms with Crippen LogP contribution in [0.2, 0.25) is 5.02 Å². The summed E-state index contributed by atoms with van der Waals surface area (Å²) in [5.74, 6) is -0.348. The molecule has 27 heavy (non-hydrogen) atoms. The second kappa shape index (κ2) is 8.59. The monoisotopic (exact) mass is 393 g/mol. The first kappa shape index (κ1) is 20.1. The molecule has 1 aromatic rings. The molecule has 0 radical (unpaired) electrons. The van der Waals surface area contributed by atoms with Crippen LogP contribution in [0.5, 0.6) is 0 Å². The number of likely N-dealkylation sites (N-methyl/N-ethyl adjacent to an activating group) is 1. The Bertz CT molecular complexity index is 689. The quantitative estimate of drug-likeness (QED) is 0.835. The Hall–Kier alpha value is -1.63. The molecule has 7 heteroatoms. The van der Waals surface area contributed by atoms with Gasteiger partial charge >= 0.3 is 0 Å². The molecule has 1 heterocycles. The standard InChI is InChI=1S/C20H28ClN3O3/c1-23(2)12-11-22-18(25)17-14-27-20(9-4-3-5-10-20)24(17)19(26)15-7-6-8-16(21)13-15/h6-8,13,17H,3-5,9-12,14H2,1-2H3,(H,22,25)/t17-/m0/s1. The topological polar surface area (TPSA) is 61.9 Å². The highest BCUT2D eigenvalue weighted by atomic mass is 35.5. The SMILES string of the molecule is CN(C)CCNC(=O)[C@@H]1COC2(CCCCC2)N1C(=O)c1cccc(Cl)c1. The molecule has 1 saturated heterocycles. The maximum Gasteiger partial charge on any atom is 0.256 e. The van der Waals surface area contributed by atoms with Gasteiger partial charge in [0.2, 0.25) is 5.91 Å². The van der Waals surface area contributed by atoms with Gasteiger partial charge in [0.25, 0.3) is 5.91 Å². The van der Waals surface area contributed by atoms with Gasteiger partial charge in [-0.05, 0) is 58.0 Å². The summed E-state index contributed by atoms with van der Waals surface area (Å²) in [5.41, 5.74) is -0.190. The normalized spacial score (nSPS) is 21.6. The lowest BCUT2D eigenvalue weighted by atomic mass is 9.89. The lowest BCUT2D eigenvalue weighted by Gasteiger charge is -2.41. The molecule has 3 rings (SSSR count). The largest absolute Gasteiger partial charge is 0.353 e. The van der Waals surface area contributed by atoms with Crippen LogP contribution in [0.4, 0.5) is 0 Å². The Morgan fingerprint density at radius 3 is 2.70 bits per heavy atom. The Labute approximate surface area is 165 Å². The molecule has 1 N–H and O–H groups in total. The molecule has 2 amide bonds. The number of nitrogens with one attached hydrogen (secondary N) is 1. The molecule has 6 nitrogen and oxygen atoms in total. The third-order valence-electron chi connectivity index (χ3n) is 5.35. The smallest absolute Gasteiger partial charge is 0.256 e. The van der Waals surface area contributed by atoms with Gasteiger partial charge in [-0.25, -0.2) is 0 Å². The van der Waals surface area contributed by atoms with E-state index in [4.69, 9.17) is 16.3 Å². The van der Waals surface area contributed by atoms with E-state index in [0.29, 0.717) is 17.1 Å². The Kier molecular flexibility index (Phi) is 6.40. The molecule has 2 fully saturated rings. The predicted molar refractivity (Wildman–Crippen MR) is 105 cm³/mol. The number of hydrogen-bond donors (Lipinski definition) is 1. The summed E-state index contributed by atoms with van der Waals surface area (Å²) in [6.45, 7) is 1.52. The molecule has 2 aliphatic rings. The van der Waals surface area contributed by atoms with Crippen molar-refractivity contribution in [1.29, 1.82) is 0 Å². The van der Waals surface area contributed by atoms with Crippen LogP contribution in [0.15, 0.2) is 24.3 Å². The van der Waals surface area contributed by atoms with E-state index < -0.39 is 11.8 Å².